The molecule has 0 saturated carbocycles. The van der Waals surface area contributed by atoms with Crippen molar-refractivity contribution in [1.29, 1.82) is 0 Å². The largest absolute Gasteiger partial charge is 0.349 e. The maximum Gasteiger partial charge on any atom is 0.151 e. The van der Waals surface area contributed by atoms with E-state index in [4.69, 9.17) is 0 Å². The van der Waals surface area contributed by atoms with Gasteiger partial charge in [-0.3, -0.25) is 0 Å². The molecule has 5 nitrogen and oxygen atoms in total. The van der Waals surface area contributed by atoms with E-state index in [2.05, 4.69) is 15.3 Å². The summed E-state index contributed by atoms with van der Waals surface area (Å²) in [5.41, 5.74) is 0. The molecule has 0 aromatic carbocycles. The van der Waals surface area contributed by atoms with Gasteiger partial charge in [-0.25, -0.2) is 13.4 Å². The molecule has 1 fully saturated rings. The molecular formula is C9H15N3O2S. The fraction of sp³-hybridized carbons (Fsp3) is 0.667. The second-order valence-corrected chi connectivity index (χ2v) is 6.07. The van der Waals surface area contributed by atoms with Crippen molar-refractivity contribution in [3.05, 3.63) is 18.2 Å². The highest BCUT2D eigenvalue weighted by molar-refractivity contribution is 7.91. The lowest BCUT2D eigenvalue weighted by Crippen LogP contribution is -2.31. The average Bonchev–Trinajstić information content (AvgIpc) is 2.76. The molecule has 1 aromatic heterocycles. The molecule has 0 bridgehead atoms. The first-order valence-electron chi connectivity index (χ1n) is 5.08. The minimum atomic E-state index is -2.77. The Morgan fingerprint density at radius 2 is 2.47 bits per heavy atom. The normalized spacial score (nSPS) is 24.4. The van der Waals surface area contributed by atoms with Crippen LogP contribution < -0.4 is 5.32 Å². The monoisotopic (exact) mass is 229 g/mol. The van der Waals surface area contributed by atoms with Gasteiger partial charge in [-0.05, 0) is 6.42 Å². The van der Waals surface area contributed by atoms with Crippen LogP contribution in [-0.4, -0.2) is 42.5 Å². The summed E-state index contributed by atoms with van der Waals surface area (Å²) in [6.45, 7) is 0.772. The maximum absolute atomic E-state index is 11.2. The van der Waals surface area contributed by atoms with E-state index in [1.54, 1.807) is 12.4 Å². The van der Waals surface area contributed by atoms with Gasteiger partial charge < -0.3 is 10.3 Å². The molecule has 1 saturated heterocycles. The Bertz CT molecular complexity index is 399. The van der Waals surface area contributed by atoms with Crippen LogP contribution in [0.5, 0.6) is 0 Å². The van der Waals surface area contributed by atoms with Gasteiger partial charge in [0.2, 0.25) is 0 Å². The van der Waals surface area contributed by atoms with Gasteiger partial charge in [0.15, 0.2) is 9.84 Å². The molecule has 2 N–H and O–H groups in total. The van der Waals surface area contributed by atoms with Crippen LogP contribution in [0, 0.1) is 0 Å². The fourth-order valence-electron chi connectivity index (χ4n) is 1.79. The lowest BCUT2D eigenvalue weighted by molar-refractivity contribution is 0.552. The second kappa shape index (κ2) is 4.32. The van der Waals surface area contributed by atoms with Gasteiger partial charge in [-0.1, -0.05) is 0 Å². The van der Waals surface area contributed by atoms with Crippen LogP contribution in [-0.2, 0) is 16.3 Å². The molecule has 1 aliphatic heterocycles. The van der Waals surface area contributed by atoms with Gasteiger partial charge in [0, 0.05) is 31.4 Å². The number of H-pyrrole nitrogens is 1. The summed E-state index contributed by atoms with van der Waals surface area (Å²) in [6.07, 6.45) is 5.05. The van der Waals surface area contributed by atoms with E-state index in [1.807, 2.05) is 0 Å². The van der Waals surface area contributed by atoms with Gasteiger partial charge in [0.05, 0.1) is 11.5 Å². The predicted molar refractivity (Wildman–Crippen MR) is 57.4 cm³/mol. The summed E-state index contributed by atoms with van der Waals surface area (Å²) in [7, 11) is -2.77. The van der Waals surface area contributed by atoms with Crippen LogP contribution in [0.1, 0.15) is 12.2 Å². The molecule has 0 aliphatic carbocycles. The smallest absolute Gasteiger partial charge is 0.151 e. The van der Waals surface area contributed by atoms with Crippen molar-refractivity contribution in [2.24, 2.45) is 0 Å². The molecule has 1 atom stereocenters. The summed E-state index contributed by atoms with van der Waals surface area (Å²) in [6, 6.07) is 0.130. The minimum Gasteiger partial charge on any atom is -0.349 e. The summed E-state index contributed by atoms with van der Waals surface area (Å²) < 4.78 is 22.3. The van der Waals surface area contributed by atoms with Crippen molar-refractivity contribution in [3.63, 3.8) is 0 Å². The van der Waals surface area contributed by atoms with Crippen molar-refractivity contribution in [2.75, 3.05) is 18.1 Å². The van der Waals surface area contributed by atoms with E-state index in [0.29, 0.717) is 5.75 Å². The van der Waals surface area contributed by atoms with Crippen molar-refractivity contribution >= 4 is 9.84 Å². The number of nitrogens with zero attached hydrogens (tertiary/aromatic N) is 1. The highest BCUT2D eigenvalue weighted by Gasteiger charge is 2.26. The van der Waals surface area contributed by atoms with Crippen LogP contribution in [0.15, 0.2) is 12.4 Å². The van der Waals surface area contributed by atoms with Crippen LogP contribution in [0.4, 0.5) is 0 Å². The number of nitrogens with one attached hydrogen (secondary N) is 2. The summed E-state index contributed by atoms with van der Waals surface area (Å²) >= 11 is 0. The van der Waals surface area contributed by atoms with Crippen molar-refractivity contribution < 1.29 is 8.42 Å². The highest BCUT2D eigenvalue weighted by Crippen LogP contribution is 2.10. The third-order valence-electron chi connectivity index (χ3n) is 2.58. The number of aromatic amines is 1. The maximum atomic E-state index is 11.2. The Labute approximate surface area is 89.2 Å². The van der Waals surface area contributed by atoms with Crippen LogP contribution in [0.25, 0.3) is 0 Å². The van der Waals surface area contributed by atoms with Gasteiger partial charge in [-0.2, -0.15) is 0 Å². The Hall–Kier alpha value is -0.880. The zero-order chi connectivity index (χ0) is 10.7. The van der Waals surface area contributed by atoms with E-state index < -0.39 is 9.84 Å². The molecule has 0 spiro atoms. The standard InChI is InChI=1S/C9H15N3O2S/c13-15(14)6-2-8(7-15)10-3-1-9-11-4-5-12-9/h4-5,8,10H,1-3,6-7H2,(H,11,12). The number of rotatable bonds is 4. The van der Waals surface area contributed by atoms with Gasteiger partial charge in [0.25, 0.3) is 0 Å². The van der Waals surface area contributed by atoms with E-state index in [0.717, 1.165) is 25.2 Å². The quantitative estimate of drug-likeness (QED) is 0.745. The lowest BCUT2D eigenvalue weighted by Gasteiger charge is -2.08. The highest BCUT2D eigenvalue weighted by atomic mass is 32.2. The Balaban J connectivity index is 1.71. The fourth-order valence-corrected chi connectivity index (χ4v) is 3.49. The topological polar surface area (TPSA) is 74.8 Å². The third kappa shape index (κ3) is 3.04. The zero-order valence-corrected chi connectivity index (χ0v) is 9.26. The first kappa shape index (κ1) is 10.6. The van der Waals surface area contributed by atoms with Crippen molar-refractivity contribution in [3.8, 4) is 0 Å². The molecule has 2 heterocycles. The molecule has 84 valence electrons. The first-order valence-corrected chi connectivity index (χ1v) is 6.90. The van der Waals surface area contributed by atoms with Gasteiger partial charge in [0.1, 0.15) is 5.82 Å². The molecule has 1 unspecified atom stereocenters. The number of hydrogen-bond donors (Lipinski definition) is 2. The van der Waals surface area contributed by atoms with Crippen LogP contribution >= 0.6 is 0 Å². The lowest BCUT2D eigenvalue weighted by atomic mass is 10.2. The summed E-state index contributed by atoms with van der Waals surface area (Å²) in [5, 5.41) is 3.24. The number of imidazole rings is 1. The molecule has 1 aromatic rings. The zero-order valence-electron chi connectivity index (χ0n) is 8.44. The summed E-state index contributed by atoms with van der Waals surface area (Å²) in [5.74, 6) is 1.54. The van der Waals surface area contributed by atoms with E-state index in [-0.39, 0.29) is 11.8 Å². The molecule has 0 amide bonds. The number of aromatic nitrogens is 2. The molecule has 6 heteroatoms. The van der Waals surface area contributed by atoms with E-state index in [1.165, 1.54) is 0 Å². The van der Waals surface area contributed by atoms with Crippen LogP contribution in [0.3, 0.4) is 0 Å². The van der Waals surface area contributed by atoms with E-state index in [9.17, 15) is 8.42 Å². The average molecular weight is 229 g/mol. The Morgan fingerprint density at radius 1 is 1.60 bits per heavy atom. The van der Waals surface area contributed by atoms with Crippen molar-refractivity contribution in [2.45, 2.75) is 18.9 Å². The summed E-state index contributed by atoms with van der Waals surface area (Å²) in [4.78, 5) is 7.10. The van der Waals surface area contributed by atoms with Gasteiger partial charge in [-0.15, -0.1) is 0 Å². The second-order valence-electron chi connectivity index (χ2n) is 3.84. The molecule has 0 radical (unpaired) electrons. The molecule has 1 aliphatic rings. The van der Waals surface area contributed by atoms with E-state index >= 15 is 0 Å². The predicted octanol–water partition coefficient (Wildman–Crippen LogP) is -0.271. The van der Waals surface area contributed by atoms with Crippen LogP contribution in [0.2, 0.25) is 0 Å². The molecule has 15 heavy (non-hydrogen) atoms. The third-order valence-corrected chi connectivity index (χ3v) is 4.35. The Morgan fingerprint density at radius 3 is 3.07 bits per heavy atom. The first-order chi connectivity index (χ1) is 7.16. The minimum absolute atomic E-state index is 0.130. The molecule has 2 rings (SSSR count). The van der Waals surface area contributed by atoms with Gasteiger partial charge >= 0.3 is 0 Å². The Kier molecular flexibility index (Phi) is 3.06. The number of sulfone groups is 1. The SMILES string of the molecule is O=S1(=O)CCC(NCCc2ncc[nH]2)C1. The molecular weight excluding hydrogens is 214 g/mol. The van der Waals surface area contributed by atoms with Crippen molar-refractivity contribution in [1.82, 2.24) is 15.3 Å². The number of hydrogen-bond acceptors (Lipinski definition) is 4.